The van der Waals surface area contributed by atoms with Crippen LogP contribution in [0.15, 0.2) is 4.90 Å². The van der Waals surface area contributed by atoms with Gasteiger partial charge in [-0.05, 0) is 6.92 Å². The third kappa shape index (κ3) is 2.25. The van der Waals surface area contributed by atoms with Gasteiger partial charge in [0.2, 0.25) is 0 Å². The van der Waals surface area contributed by atoms with E-state index >= 15 is 0 Å². The first-order valence-electron chi connectivity index (χ1n) is 4.39. The Balaban J connectivity index is 3.78. The average Bonchev–Trinajstić information content (AvgIpc) is 2.24. The van der Waals surface area contributed by atoms with Crippen molar-refractivity contribution < 1.29 is 35.0 Å². The number of nitrogens with zero attached hydrogens (tertiary/aromatic N) is 1. The monoisotopic (exact) mass is 291 g/mol. The summed E-state index contributed by atoms with van der Waals surface area (Å²) >= 11 is 0. The summed E-state index contributed by atoms with van der Waals surface area (Å²) in [4.78, 5) is -2.20. The molecule has 10 heteroatoms. The molecule has 0 heterocycles. The number of hydrogen-bond acceptors (Lipinski definition) is 3. The average molecular weight is 291 g/mol. The quantitative estimate of drug-likeness (QED) is 0.401. The van der Waals surface area contributed by atoms with Crippen LogP contribution in [-0.4, -0.2) is 19.5 Å². The normalized spacial score (nSPS) is 11.7. The molecule has 1 rings (SSSR count). The van der Waals surface area contributed by atoms with E-state index in [-0.39, 0.29) is 0 Å². The Hall–Kier alpha value is -1.42. The summed E-state index contributed by atoms with van der Waals surface area (Å²) in [5.74, 6) is -9.32. The van der Waals surface area contributed by atoms with Crippen LogP contribution >= 0.6 is 0 Å². The molecule has 0 spiro atoms. The summed E-state index contributed by atoms with van der Waals surface area (Å²) in [5, 5.41) is -0.648. The predicted octanol–water partition coefficient (Wildman–Crippen LogP) is 2.20. The molecule has 102 valence electrons. The van der Waals surface area contributed by atoms with Crippen molar-refractivity contribution in [3.05, 3.63) is 23.3 Å². The fraction of sp³-hybridized carbons (Fsp3) is 0.250. The highest BCUT2D eigenvalue weighted by molar-refractivity contribution is 7.85. The lowest BCUT2D eigenvalue weighted by molar-refractivity contribution is 0.374. The molecular weight excluding hydrogens is 285 g/mol. The van der Waals surface area contributed by atoms with Crippen LogP contribution in [-0.2, 0) is 10.1 Å². The van der Waals surface area contributed by atoms with E-state index in [1.165, 1.54) is 0 Å². The molecule has 0 unspecified atom stereocenters. The number of hydrogen-bond donors (Lipinski definition) is 1. The summed E-state index contributed by atoms with van der Waals surface area (Å²) in [6, 6.07) is 0. The van der Waals surface area contributed by atoms with Crippen LogP contribution in [0.1, 0.15) is 6.92 Å². The molecule has 1 aromatic carbocycles. The zero-order chi connectivity index (χ0) is 14.2. The van der Waals surface area contributed by atoms with Gasteiger partial charge in [-0.15, -0.1) is 0 Å². The van der Waals surface area contributed by atoms with E-state index in [9.17, 15) is 30.5 Å². The summed E-state index contributed by atoms with van der Waals surface area (Å²) in [6.07, 6.45) is 0. The molecule has 0 aliphatic carbocycles. The summed E-state index contributed by atoms with van der Waals surface area (Å²) in [7, 11) is -5.53. The number of anilines is 1. The van der Waals surface area contributed by atoms with E-state index in [1.54, 1.807) is 0 Å². The van der Waals surface area contributed by atoms with Crippen molar-refractivity contribution in [1.29, 1.82) is 0 Å². The Morgan fingerprint density at radius 1 is 1.06 bits per heavy atom. The minimum absolute atomic E-state index is 0.641. The highest BCUT2D eigenvalue weighted by Gasteiger charge is 2.34. The van der Waals surface area contributed by atoms with E-state index in [0.717, 1.165) is 6.92 Å². The molecular formula is C8H6F5NO3S. The zero-order valence-corrected chi connectivity index (χ0v) is 9.53. The van der Waals surface area contributed by atoms with E-state index < -0.39 is 55.6 Å². The number of rotatable bonds is 3. The number of halogens is 5. The first-order chi connectivity index (χ1) is 8.12. The predicted molar refractivity (Wildman–Crippen MR) is 50.2 cm³/mol. The van der Waals surface area contributed by atoms with Crippen molar-refractivity contribution in [3.63, 3.8) is 0 Å². The molecule has 1 N–H and O–H groups in total. The topological polar surface area (TPSA) is 57.6 Å². The molecule has 4 nitrogen and oxygen atoms in total. The van der Waals surface area contributed by atoms with Crippen molar-refractivity contribution in [2.75, 3.05) is 11.7 Å². The van der Waals surface area contributed by atoms with Gasteiger partial charge in [0.15, 0.2) is 28.2 Å². The second-order valence-corrected chi connectivity index (χ2v) is 4.45. The highest BCUT2D eigenvalue weighted by atomic mass is 32.2. The molecule has 0 amide bonds. The molecule has 0 radical (unpaired) electrons. The third-order valence-corrected chi connectivity index (χ3v) is 2.85. The molecule has 1 aromatic rings. The minimum atomic E-state index is -5.53. The number of benzene rings is 1. The van der Waals surface area contributed by atoms with E-state index in [4.69, 9.17) is 4.55 Å². The van der Waals surface area contributed by atoms with Crippen molar-refractivity contribution >= 4 is 15.8 Å². The van der Waals surface area contributed by atoms with Crippen LogP contribution in [0.25, 0.3) is 0 Å². The molecule has 0 saturated carbocycles. The van der Waals surface area contributed by atoms with Gasteiger partial charge in [0.05, 0.1) is 0 Å². The molecule has 0 atom stereocenters. The summed E-state index contributed by atoms with van der Waals surface area (Å²) < 4.78 is 95.4. The minimum Gasteiger partial charge on any atom is -0.282 e. The van der Waals surface area contributed by atoms with Gasteiger partial charge in [0.25, 0.3) is 0 Å². The first kappa shape index (κ1) is 14.6. The lowest BCUT2D eigenvalue weighted by Gasteiger charge is -2.15. The van der Waals surface area contributed by atoms with Crippen LogP contribution in [0.3, 0.4) is 0 Å². The van der Waals surface area contributed by atoms with E-state index in [1.807, 2.05) is 0 Å². The highest BCUT2D eigenvalue weighted by Crippen LogP contribution is 2.33. The zero-order valence-electron chi connectivity index (χ0n) is 8.72. The van der Waals surface area contributed by atoms with Crippen LogP contribution in [0.2, 0.25) is 0 Å². The molecule has 0 aliphatic rings. The van der Waals surface area contributed by atoms with Gasteiger partial charge >= 0.3 is 10.1 Å². The van der Waals surface area contributed by atoms with Gasteiger partial charge in [0.1, 0.15) is 5.69 Å². The molecule has 0 saturated heterocycles. The van der Waals surface area contributed by atoms with Crippen molar-refractivity contribution in [2.24, 2.45) is 0 Å². The fourth-order valence-electron chi connectivity index (χ4n) is 1.20. The summed E-state index contributed by atoms with van der Waals surface area (Å²) in [6.45, 7) is 0.448. The molecule has 18 heavy (non-hydrogen) atoms. The van der Waals surface area contributed by atoms with Gasteiger partial charge < -0.3 is 0 Å². The van der Waals surface area contributed by atoms with Crippen LogP contribution in [0.4, 0.5) is 27.7 Å². The summed E-state index contributed by atoms with van der Waals surface area (Å²) in [5.41, 5.74) is -1.71. The maximum absolute atomic E-state index is 13.2. The SMILES string of the molecule is CCN(F)c1c(F)c(F)c(S(=O)(=O)O)c(F)c1F. The van der Waals surface area contributed by atoms with Gasteiger partial charge in [-0.1, -0.05) is 4.48 Å². The smallest absolute Gasteiger partial charge is 0.282 e. The second kappa shape index (κ2) is 4.69. The Morgan fingerprint density at radius 3 is 1.72 bits per heavy atom. The second-order valence-electron chi connectivity index (χ2n) is 3.09. The fourth-order valence-corrected chi connectivity index (χ4v) is 1.83. The Kier molecular flexibility index (Phi) is 3.81. The van der Waals surface area contributed by atoms with Gasteiger partial charge in [-0.2, -0.15) is 8.42 Å². The lowest BCUT2D eigenvalue weighted by atomic mass is 10.2. The van der Waals surface area contributed by atoms with Gasteiger partial charge in [0, 0.05) is 6.54 Å². The Labute approximate surface area is 98.3 Å². The maximum atomic E-state index is 13.2. The first-order valence-corrected chi connectivity index (χ1v) is 5.83. The molecule has 0 bridgehead atoms. The third-order valence-electron chi connectivity index (χ3n) is 1.98. The van der Waals surface area contributed by atoms with Crippen LogP contribution in [0, 0.1) is 23.3 Å². The van der Waals surface area contributed by atoms with Gasteiger partial charge in [-0.3, -0.25) is 4.55 Å². The van der Waals surface area contributed by atoms with Crippen molar-refractivity contribution in [3.8, 4) is 0 Å². The standard InChI is InChI=1S/C8H6F5NO3S/c1-2-14(13)7-3(9)5(11)8(18(15,16)17)6(12)4(7)10/h2H2,1H3,(H,15,16,17). The lowest BCUT2D eigenvalue weighted by Crippen LogP contribution is -2.19. The Bertz CT molecular complexity index is 560. The van der Waals surface area contributed by atoms with Gasteiger partial charge in [-0.25, -0.2) is 22.7 Å². The Morgan fingerprint density at radius 2 is 1.44 bits per heavy atom. The molecule has 0 fully saturated rings. The molecule has 0 aromatic heterocycles. The van der Waals surface area contributed by atoms with E-state index in [0.29, 0.717) is 0 Å². The largest absolute Gasteiger partial charge is 0.300 e. The van der Waals surface area contributed by atoms with Crippen molar-refractivity contribution in [2.45, 2.75) is 11.8 Å². The molecule has 0 aliphatic heterocycles. The van der Waals surface area contributed by atoms with E-state index in [2.05, 4.69) is 0 Å². The van der Waals surface area contributed by atoms with Crippen LogP contribution < -0.4 is 5.12 Å². The maximum Gasteiger partial charge on any atom is 0.300 e. The van der Waals surface area contributed by atoms with Crippen molar-refractivity contribution in [1.82, 2.24) is 0 Å². The van der Waals surface area contributed by atoms with Crippen LogP contribution in [0.5, 0.6) is 0 Å².